The van der Waals surface area contributed by atoms with Crippen LogP contribution in [-0.4, -0.2) is 19.8 Å². The molecule has 0 atom stereocenters. The summed E-state index contributed by atoms with van der Waals surface area (Å²) in [6, 6.07) is 0. The van der Waals surface area contributed by atoms with Crippen LogP contribution in [0.15, 0.2) is 0 Å². The topological polar surface area (TPSA) is 0 Å². The first kappa shape index (κ1) is 11.8. The Morgan fingerprint density at radius 2 is 1.27 bits per heavy atom. The van der Waals surface area contributed by atoms with Gasteiger partial charge in [0.2, 0.25) is 0 Å². The van der Waals surface area contributed by atoms with Crippen molar-refractivity contribution < 1.29 is 0 Å². The van der Waals surface area contributed by atoms with Gasteiger partial charge >= 0.3 is 79.5 Å². The summed E-state index contributed by atoms with van der Waals surface area (Å²) < 4.78 is 4.91. The predicted molar refractivity (Wildman–Crippen MR) is 55.7 cm³/mol. The van der Waals surface area contributed by atoms with Gasteiger partial charge in [-0.3, -0.25) is 0 Å². The zero-order valence-electron chi connectivity index (χ0n) is 8.45. The van der Waals surface area contributed by atoms with Crippen LogP contribution in [0.25, 0.3) is 0 Å². The van der Waals surface area contributed by atoms with Crippen molar-refractivity contribution in [2.75, 3.05) is 0 Å². The van der Waals surface area contributed by atoms with E-state index in [1.54, 1.807) is 13.3 Å². The Kier molecular flexibility index (Phi) is 9.54. The number of hydrogen-bond donors (Lipinski definition) is 0. The summed E-state index contributed by atoms with van der Waals surface area (Å²) in [5.41, 5.74) is 0. The van der Waals surface area contributed by atoms with Crippen LogP contribution in [0.2, 0.25) is 13.3 Å². The van der Waals surface area contributed by atoms with Crippen LogP contribution in [0.5, 0.6) is 0 Å². The van der Waals surface area contributed by atoms with Crippen molar-refractivity contribution in [3.63, 3.8) is 0 Å². The van der Waals surface area contributed by atoms with E-state index in [1.807, 2.05) is 0 Å². The van der Waals surface area contributed by atoms with Crippen LogP contribution < -0.4 is 0 Å². The molecule has 0 nitrogen and oxygen atoms in total. The molecule has 0 spiro atoms. The van der Waals surface area contributed by atoms with Crippen molar-refractivity contribution in [2.24, 2.45) is 0 Å². The zero-order valence-corrected chi connectivity index (χ0v) is 11.3. The summed E-state index contributed by atoms with van der Waals surface area (Å²) in [4.78, 5) is 0. The molecule has 0 heterocycles. The Labute approximate surface area is 79.5 Å². The van der Waals surface area contributed by atoms with Crippen molar-refractivity contribution >= 4 is 19.8 Å². The maximum absolute atomic E-state index is 2.42. The summed E-state index contributed by atoms with van der Waals surface area (Å²) in [7, 11) is 0. The summed E-state index contributed by atoms with van der Waals surface area (Å²) in [6.45, 7) is 7.05. The second-order valence-electron chi connectivity index (χ2n) is 3.31. The van der Waals surface area contributed by atoms with E-state index in [2.05, 4.69) is 20.8 Å². The number of hydrogen-bond acceptors (Lipinski definition) is 0. The normalized spacial score (nSPS) is 10.9. The second-order valence-corrected chi connectivity index (χ2v) is 12.5. The number of rotatable bonds is 7. The van der Waals surface area contributed by atoms with E-state index < -0.39 is 19.8 Å². The molecule has 0 aromatic heterocycles. The van der Waals surface area contributed by atoms with E-state index in [0.29, 0.717) is 0 Å². The summed E-state index contributed by atoms with van der Waals surface area (Å²) >= 11 is -0.777. The van der Waals surface area contributed by atoms with Crippen LogP contribution in [-0.2, 0) is 0 Å². The fourth-order valence-electron chi connectivity index (χ4n) is 1.33. The standard InChI is InChI=1S/2C4H9.C2H5.Sn/c2*1-3-4-2;1-2;/h2*1,3-4H2,2H3;1H2,2H3;. The molecule has 0 aliphatic heterocycles. The first-order chi connectivity index (χ1) is 5.35. The third kappa shape index (κ3) is 7.17. The van der Waals surface area contributed by atoms with Crippen LogP contribution in [0.4, 0.5) is 0 Å². The molecule has 1 radical (unpaired) electrons. The van der Waals surface area contributed by atoms with Crippen molar-refractivity contribution in [1.82, 2.24) is 0 Å². The average Bonchev–Trinajstić information content (AvgIpc) is 2.05. The average molecular weight is 262 g/mol. The van der Waals surface area contributed by atoms with Gasteiger partial charge in [0, 0.05) is 0 Å². The molecular formula is C10H23Sn. The van der Waals surface area contributed by atoms with Crippen LogP contribution >= 0.6 is 0 Å². The van der Waals surface area contributed by atoms with E-state index >= 15 is 0 Å². The molecule has 0 aromatic rings. The minimum atomic E-state index is -0.777. The van der Waals surface area contributed by atoms with Crippen molar-refractivity contribution in [3.05, 3.63) is 0 Å². The van der Waals surface area contributed by atoms with E-state index in [9.17, 15) is 0 Å². The number of unbranched alkanes of at least 4 members (excludes halogenated alkanes) is 2. The molecule has 0 N–H and O–H groups in total. The fourth-order valence-corrected chi connectivity index (χ4v) is 8.94. The van der Waals surface area contributed by atoms with Crippen LogP contribution in [0, 0.1) is 0 Å². The van der Waals surface area contributed by atoms with Gasteiger partial charge in [0.1, 0.15) is 0 Å². The molecule has 0 aliphatic carbocycles. The Morgan fingerprint density at radius 1 is 0.818 bits per heavy atom. The Bertz CT molecular complexity index is 63.3. The molecule has 11 heavy (non-hydrogen) atoms. The van der Waals surface area contributed by atoms with Gasteiger partial charge in [-0.2, -0.15) is 0 Å². The molecule has 0 unspecified atom stereocenters. The molecule has 0 rings (SSSR count). The van der Waals surface area contributed by atoms with Gasteiger partial charge in [-0.1, -0.05) is 0 Å². The Hall–Kier alpha value is 0.799. The van der Waals surface area contributed by atoms with Gasteiger partial charge in [-0.05, 0) is 0 Å². The Morgan fingerprint density at radius 3 is 1.55 bits per heavy atom. The van der Waals surface area contributed by atoms with Crippen LogP contribution in [0.3, 0.4) is 0 Å². The van der Waals surface area contributed by atoms with Gasteiger partial charge in [-0.25, -0.2) is 0 Å². The minimum absolute atomic E-state index is 0.777. The first-order valence-corrected chi connectivity index (χ1v) is 11.2. The molecule has 0 saturated heterocycles. The molecule has 0 fully saturated rings. The quantitative estimate of drug-likeness (QED) is 0.606. The summed E-state index contributed by atoms with van der Waals surface area (Å²) in [6.07, 6.45) is 5.87. The van der Waals surface area contributed by atoms with Gasteiger partial charge in [0.15, 0.2) is 0 Å². The van der Waals surface area contributed by atoms with Crippen molar-refractivity contribution in [3.8, 4) is 0 Å². The second kappa shape index (κ2) is 8.89. The molecule has 0 aliphatic rings. The van der Waals surface area contributed by atoms with E-state index in [1.165, 1.54) is 25.7 Å². The third-order valence-electron chi connectivity index (χ3n) is 2.27. The predicted octanol–water partition coefficient (Wildman–Crippen LogP) is 4.10. The molecular weight excluding hydrogens is 239 g/mol. The molecule has 0 bridgehead atoms. The molecule has 0 saturated carbocycles. The van der Waals surface area contributed by atoms with Crippen molar-refractivity contribution in [1.29, 1.82) is 0 Å². The fraction of sp³-hybridized carbons (Fsp3) is 1.00. The van der Waals surface area contributed by atoms with Crippen molar-refractivity contribution in [2.45, 2.75) is 59.8 Å². The van der Waals surface area contributed by atoms with Gasteiger partial charge in [0.05, 0.1) is 0 Å². The van der Waals surface area contributed by atoms with Gasteiger partial charge in [0.25, 0.3) is 0 Å². The molecule has 1 heteroatoms. The van der Waals surface area contributed by atoms with Gasteiger partial charge < -0.3 is 0 Å². The van der Waals surface area contributed by atoms with Crippen LogP contribution in [0.1, 0.15) is 46.5 Å². The summed E-state index contributed by atoms with van der Waals surface area (Å²) in [5, 5.41) is 0. The first-order valence-electron chi connectivity index (χ1n) is 5.18. The summed E-state index contributed by atoms with van der Waals surface area (Å²) in [5.74, 6) is 0. The van der Waals surface area contributed by atoms with E-state index in [-0.39, 0.29) is 0 Å². The monoisotopic (exact) mass is 263 g/mol. The third-order valence-corrected chi connectivity index (χ3v) is 11.2. The maximum atomic E-state index is 2.42. The van der Waals surface area contributed by atoms with E-state index in [4.69, 9.17) is 0 Å². The SMILES string of the molecule is CCC[CH2][Sn]([CH2]C)[CH2]CCC. The van der Waals surface area contributed by atoms with E-state index in [0.717, 1.165) is 0 Å². The molecule has 67 valence electrons. The molecule has 0 amide bonds. The van der Waals surface area contributed by atoms with Gasteiger partial charge in [-0.15, -0.1) is 0 Å². The Balaban J connectivity index is 3.25. The zero-order chi connectivity index (χ0) is 8.53. The molecule has 0 aromatic carbocycles.